The Morgan fingerprint density at radius 2 is 2.08 bits per heavy atom. The average molecular weight is 571 g/mol. The van der Waals surface area contributed by atoms with Crippen LogP contribution in [0.15, 0.2) is 24.3 Å². The predicted octanol–water partition coefficient (Wildman–Crippen LogP) is 4.36. The average Bonchev–Trinajstić information content (AvgIpc) is 2.92. The van der Waals surface area contributed by atoms with Crippen LogP contribution in [0.5, 0.6) is 0 Å². The van der Waals surface area contributed by atoms with Crippen LogP contribution < -0.4 is 10.6 Å². The molecule has 12 heteroatoms. The minimum atomic E-state index is -1.04. The molecule has 1 aliphatic rings. The Labute approximate surface area is 236 Å². The SMILES string of the molecule is CCCN(CC[C@@H](OCCNC(=O)OC)c1cccc(Cl)c1)C(=O)N[C@H](C[C@H]1CCCOC1)CN(C)C(=O)O. The number of carbonyl (C=O) groups is 3. The second-order valence-corrected chi connectivity index (χ2v) is 10.2. The molecule has 0 radical (unpaired) electrons. The summed E-state index contributed by atoms with van der Waals surface area (Å²) in [6, 6.07) is 6.79. The summed E-state index contributed by atoms with van der Waals surface area (Å²) in [6.45, 7) is 5.01. The normalized spacial score (nSPS) is 16.6. The van der Waals surface area contributed by atoms with E-state index < -0.39 is 12.2 Å². The van der Waals surface area contributed by atoms with Gasteiger partial charge in [-0.05, 0) is 55.7 Å². The molecule has 3 N–H and O–H groups in total. The van der Waals surface area contributed by atoms with Gasteiger partial charge in [-0.1, -0.05) is 30.7 Å². The summed E-state index contributed by atoms with van der Waals surface area (Å²) in [4.78, 5) is 39.2. The number of halogens is 1. The molecule has 1 heterocycles. The Balaban J connectivity index is 2.06. The number of hydrogen-bond acceptors (Lipinski definition) is 6. The number of benzene rings is 1. The summed E-state index contributed by atoms with van der Waals surface area (Å²) in [5.74, 6) is 0.269. The molecule has 2 rings (SSSR count). The van der Waals surface area contributed by atoms with Gasteiger partial charge in [-0.15, -0.1) is 0 Å². The number of urea groups is 1. The van der Waals surface area contributed by atoms with Gasteiger partial charge in [0.1, 0.15) is 0 Å². The molecule has 39 heavy (non-hydrogen) atoms. The maximum absolute atomic E-state index is 13.4. The number of carbonyl (C=O) groups excluding carboxylic acids is 2. The highest BCUT2D eigenvalue weighted by Gasteiger charge is 2.26. The fourth-order valence-electron chi connectivity index (χ4n) is 4.59. The van der Waals surface area contributed by atoms with Crippen LogP contribution in [0.1, 0.15) is 50.7 Å². The largest absolute Gasteiger partial charge is 0.465 e. The van der Waals surface area contributed by atoms with Crippen LogP contribution in [-0.2, 0) is 14.2 Å². The molecule has 220 valence electrons. The first-order chi connectivity index (χ1) is 18.7. The van der Waals surface area contributed by atoms with Crippen LogP contribution in [0.2, 0.25) is 5.02 Å². The zero-order valence-corrected chi connectivity index (χ0v) is 24.0. The van der Waals surface area contributed by atoms with Gasteiger partial charge in [0.05, 0.1) is 19.8 Å². The molecule has 4 amide bonds. The maximum atomic E-state index is 13.4. The van der Waals surface area contributed by atoms with Crippen molar-refractivity contribution in [2.45, 2.75) is 51.2 Å². The molecule has 0 aliphatic carbocycles. The lowest BCUT2D eigenvalue weighted by atomic mass is 9.94. The van der Waals surface area contributed by atoms with Crippen molar-refractivity contribution >= 4 is 29.8 Å². The lowest BCUT2D eigenvalue weighted by Gasteiger charge is -2.32. The smallest absolute Gasteiger partial charge is 0.407 e. The van der Waals surface area contributed by atoms with Gasteiger partial charge in [0, 0.05) is 57.5 Å². The zero-order chi connectivity index (χ0) is 28.6. The zero-order valence-electron chi connectivity index (χ0n) is 23.2. The van der Waals surface area contributed by atoms with Gasteiger partial charge < -0.3 is 39.8 Å². The Kier molecular flexibility index (Phi) is 14.8. The number of hydrogen-bond donors (Lipinski definition) is 3. The molecule has 1 saturated heterocycles. The van der Waals surface area contributed by atoms with Gasteiger partial charge in [0.25, 0.3) is 0 Å². The molecule has 0 spiro atoms. The number of ether oxygens (including phenoxy) is 3. The first-order valence-electron chi connectivity index (χ1n) is 13.5. The standard InChI is InChI=1S/C27H43ClN4O7/c1-4-12-32(25(33)30-23(18-31(2)27(35)36)16-20-7-6-14-38-19-20)13-10-24(21-8-5-9-22(28)17-21)39-15-11-29-26(34)37-3/h5,8-9,17,20,23-24H,4,6-7,10-16,18-19H2,1-3H3,(H,29,34)(H,30,33)(H,35,36)/t20-,23-,24-/m1/s1. The monoisotopic (exact) mass is 570 g/mol. The third-order valence-electron chi connectivity index (χ3n) is 6.56. The molecular weight excluding hydrogens is 528 g/mol. The summed E-state index contributed by atoms with van der Waals surface area (Å²) in [7, 11) is 2.80. The molecule has 0 aromatic heterocycles. The van der Waals surface area contributed by atoms with E-state index in [-0.39, 0.29) is 43.8 Å². The van der Waals surface area contributed by atoms with Crippen molar-refractivity contribution in [2.24, 2.45) is 5.92 Å². The topological polar surface area (TPSA) is 130 Å². The molecule has 1 aromatic rings. The third kappa shape index (κ3) is 12.3. The highest BCUT2D eigenvalue weighted by molar-refractivity contribution is 6.30. The van der Waals surface area contributed by atoms with Crippen molar-refractivity contribution in [3.8, 4) is 0 Å². The van der Waals surface area contributed by atoms with E-state index >= 15 is 0 Å². The van der Waals surface area contributed by atoms with E-state index in [0.29, 0.717) is 37.6 Å². The van der Waals surface area contributed by atoms with E-state index in [0.717, 1.165) is 31.4 Å². The molecule has 1 aromatic carbocycles. The van der Waals surface area contributed by atoms with Crippen LogP contribution in [0, 0.1) is 5.92 Å². The van der Waals surface area contributed by atoms with E-state index in [1.165, 1.54) is 19.1 Å². The fraction of sp³-hybridized carbons (Fsp3) is 0.667. The van der Waals surface area contributed by atoms with Crippen molar-refractivity contribution in [2.75, 3.05) is 60.2 Å². The van der Waals surface area contributed by atoms with Crippen LogP contribution >= 0.6 is 11.6 Å². The maximum Gasteiger partial charge on any atom is 0.407 e. The molecule has 11 nitrogen and oxygen atoms in total. The highest BCUT2D eigenvalue weighted by Crippen LogP contribution is 2.25. The summed E-state index contributed by atoms with van der Waals surface area (Å²) in [5.41, 5.74) is 0.871. The minimum absolute atomic E-state index is 0.193. The summed E-state index contributed by atoms with van der Waals surface area (Å²) in [5, 5.41) is 15.6. The van der Waals surface area contributed by atoms with Crippen LogP contribution in [0.4, 0.5) is 14.4 Å². The van der Waals surface area contributed by atoms with E-state index in [4.69, 9.17) is 21.1 Å². The molecule has 0 unspecified atom stereocenters. The van der Waals surface area contributed by atoms with Gasteiger partial charge in [-0.3, -0.25) is 0 Å². The van der Waals surface area contributed by atoms with Crippen LogP contribution in [-0.4, -0.2) is 99.3 Å². The second kappa shape index (κ2) is 17.8. The fourth-order valence-corrected chi connectivity index (χ4v) is 4.79. The van der Waals surface area contributed by atoms with Crippen molar-refractivity contribution in [1.29, 1.82) is 0 Å². The number of amides is 4. The predicted molar refractivity (Wildman–Crippen MR) is 148 cm³/mol. The third-order valence-corrected chi connectivity index (χ3v) is 6.79. The number of likely N-dealkylation sites (N-methyl/N-ethyl adjacent to an activating group) is 1. The van der Waals surface area contributed by atoms with Crippen molar-refractivity contribution < 1.29 is 33.7 Å². The Hall–Kier alpha value is -2.76. The van der Waals surface area contributed by atoms with E-state index in [1.807, 2.05) is 25.1 Å². The van der Waals surface area contributed by atoms with Gasteiger partial charge in [0.2, 0.25) is 0 Å². The van der Waals surface area contributed by atoms with E-state index in [1.54, 1.807) is 11.0 Å². The molecule has 1 fully saturated rings. The first kappa shape index (κ1) is 32.5. The Morgan fingerprint density at radius 3 is 2.72 bits per heavy atom. The lowest BCUT2D eigenvalue weighted by molar-refractivity contribution is 0.0413. The van der Waals surface area contributed by atoms with Gasteiger partial charge >= 0.3 is 18.2 Å². The second-order valence-electron chi connectivity index (χ2n) is 9.74. The van der Waals surface area contributed by atoms with Gasteiger partial charge in [-0.25, -0.2) is 14.4 Å². The Bertz CT molecular complexity index is 901. The molecular formula is C27H43ClN4O7. The van der Waals surface area contributed by atoms with Crippen LogP contribution in [0.25, 0.3) is 0 Å². The van der Waals surface area contributed by atoms with Crippen molar-refractivity contribution in [1.82, 2.24) is 20.4 Å². The molecule has 1 aliphatic heterocycles. The van der Waals surface area contributed by atoms with Gasteiger partial charge in [0.15, 0.2) is 0 Å². The number of rotatable bonds is 15. The van der Waals surface area contributed by atoms with E-state index in [9.17, 15) is 19.5 Å². The number of nitrogens with zero attached hydrogens (tertiary/aromatic N) is 2. The summed E-state index contributed by atoms with van der Waals surface area (Å²) < 4.78 is 16.3. The molecule has 0 saturated carbocycles. The highest BCUT2D eigenvalue weighted by atomic mass is 35.5. The number of alkyl carbamates (subject to hydrolysis) is 1. The summed E-state index contributed by atoms with van der Waals surface area (Å²) in [6.07, 6.45) is 1.92. The van der Waals surface area contributed by atoms with Crippen LogP contribution in [0.3, 0.4) is 0 Å². The van der Waals surface area contributed by atoms with Gasteiger partial charge in [-0.2, -0.15) is 0 Å². The van der Waals surface area contributed by atoms with E-state index in [2.05, 4.69) is 15.4 Å². The van der Waals surface area contributed by atoms with Crippen molar-refractivity contribution in [3.05, 3.63) is 34.9 Å². The Morgan fingerprint density at radius 1 is 1.28 bits per heavy atom. The number of carboxylic acid groups (broad SMARTS) is 1. The summed E-state index contributed by atoms with van der Waals surface area (Å²) >= 11 is 6.22. The number of nitrogens with one attached hydrogen (secondary N) is 2. The lowest BCUT2D eigenvalue weighted by Crippen LogP contribution is -2.50. The quantitative estimate of drug-likeness (QED) is 0.267. The number of methoxy groups -OCH3 is 1. The molecule has 3 atom stereocenters. The molecule has 0 bridgehead atoms. The van der Waals surface area contributed by atoms with Crippen molar-refractivity contribution in [3.63, 3.8) is 0 Å². The first-order valence-corrected chi connectivity index (χ1v) is 13.9. The minimum Gasteiger partial charge on any atom is -0.465 e.